The first kappa shape index (κ1) is 21.2. The molecule has 0 unspecified atom stereocenters. The van der Waals surface area contributed by atoms with E-state index in [0.717, 1.165) is 28.3 Å². The lowest BCUT2D eigenvalue weighted by molar-refractivity contribution is 0.0963. The number of pyridine rings is 1. The molecule has 2 aromatic carbocycles. The highest BCUT2D eigenvalue weighted by molar-refractivity contribution is 7.13. The van der Waals surface area contributed by atoms with Crippen molar-refractivity contribution in [2.24, 2.45) is 0 Å². The zero-order valence-electron chi connectivity index (χ0n) is 18.3. The van der Waals surface area contributed by atoms with Gasteiger partial charge in [0, 0.05) is 28.6 Å². The van der Waals surface area contributed by atoms with E-state index < -0.39 is 0 Å². The van der Waals surface area contributed by atoms with Gasteiger partial charge in [0.25, 0.3) is 5.56 Å². The number of nitrogens with one attached hydrogen (secondary N) is 1. The predicted octanol–water partition coefficient (Wildman–Crippen LogP) is 5.10. The average molecular weight is 459 g/mol. The van der Waals surface area contributed by atoms with Crippen LogP contribution in [-0.4, -0.2) is 30.0 Å². The van der Waals surface area contributed by atoms with Crippen LogP contribution in [0.2, 0.25) is 0 Å². The summed E-state index contributed by atoms with van der Waals surface area (Å²) in [5.41, 5.74) is 4.24. The summed E-state index contributed by atoms with van der Waals surface area (Å²) >= 11 is 1.39. The number of Topliss-reactive ketones (excluding diaryl/α,β-unsaturated/α-hetero) is 1. The third-order valence-electron chi connectivity index (χ3n) is 6.01. The van der Waals surface area contributed by atoms with Gasteiger partial charge in [-0.25, -0.2) is 4.98 Å². The number of methoxy groups -OCH3 is 2. The number of benzene rings is 2. The molecule has 1 aliphatic rings. The second-order valence-corrected chi connectivity index (χ2v) is 8.83. The second kappa shape index (κ2) is 8.67. The van der Waals surface area contributed by atoms with Gasteiger partial charge in [0.2, 0.25) is 0 Å². The molecule has 0 aliphatic heterocycles. The van der Waals surface area contributed by atoms with Gasteiger partial charge in [0.05, 0.1) is 25.5 Å². The Balaban J connectivity index is 1.44. The van der Waals surface area contributed by atoms with Crippen molar-refractivity contribution in [3.05, 3.63) is 87.2 Å². The maximum atomic E-state index is 13.0. The molecule has 0 fully saturated rings. The summed E-state index contributed by atoms with van der Waals surface area (Å²) in [4.78, 5) is 33.5. The predicted molar refractivity (Wildman–Crippen MR) is 129 cm³/mol. The number of H-pyrrole nitrogens is 1. The summed E-state index contributed by atoms with van der Waals surface area (Å²) in [6, 6.07) is 17.0. The average Bonchev–Trinajstić information content (AvgIpc) is 3.33. The second-order valence-electron chi connectivity index (χ2n) is 7.97. The van der Waals surface area contributed by atoms with Gasteiger partial charge in [0.15, 0.2) is 5.78 Å². The Morgan fingerprint density at radius 3 is 2.24 bits per heavy atom. The van der Waals surface area contributed by atoms with Crippen molar-refractivity contribution in [2.45, 2.75) is 18.8 Å². The monoisotopic (exact) mass is 458 g/mol. The van der Waals surface area contributed by atoms with Crippen LogP contribution >= 0.6 is 11.3 Å². The lowest BCUT2D eigenvalue weighted by atomic mass is 9.81. The van der Waals surface area contributed by atoms with Gasteiger partial charge in [-0.2, -0.15) is 0 Å². The Morgan fingerprint density at radius 2 is 1.58 bits per heavy atom. The van der Waals surface area contributed by atoms with Crippen molar-refractivity contribution < 1.29 is 14.3 Å². The summed E-state index contributed by atoms with van der Waals surface area (Å²) in [7, 11) is 3.25. The van der Waals surface area contributed by atoms with Gasteiger partial charge in [0.1, 0.15) is 16.5 Å². The largest absolute Gasteiger partial charge is 0.497 e. The van der Waals surface area contributed by atoms with Crippen molar-refractivity contribution in [1.82, 2.24) is 9.97 Å². The van der Waals surface area contributed by atoms with Crippen LogP contribution in [0.3, 0.4) is 0 Å². The summed E-state index contributed by atoms with van der Waals surface area (Å²) in [6.45, 7) is 0. The Morgan fingerprint density at radius 1 is 0.909 bits per heavy atom. The minimum Gasteiger partial charge on any atom is -0.497 e. The molecule has 1 N–H and O–H groups in total. The van der Waals surface area contributed by atoms with E-state index in [4.69, 9.17) is 9.47 Å². The van der Waals surface area contributed by atoms with Crippen LogP contribution in [0.5, 0.6) is 11.5 Å². The van der Waals surface area contributed by atoms with Gasteiger partial charge in [-0.3, -0.25) is 9.59 Å². The minimum absolute atomic E-state index is 0.0268. The fourth-order valence-corrected chi connectivity index (χ4v) is 5.03. The van der Waals surface area contributed by atoms with E-state index in [2.05, 4.69) is 9.97 Å². The topological polar surface area (TPSA) is 81.3 Å². The highest BCUT2D eigenvalue weighted by atomic mass is 32.1. The van der Waals surface area contributed by atoms with Crippen molar-refractivity contribution in [3.8, 4) is 33.3 Å². The van der Waals surface area contributed by atoms with Crippen LogP contribution < -0.4 is 15.0 Å². The van der Waals surface area contributed by atoms with E-state index in [9.17, 15) is 9.59 Å². The number of ether oxygens (including phenoxy) is 2. The standard InChI is InChI=1S/C26H22N2O4S/c1-31-18-7-3-15(4-8-18)17-11-22-20(24(29)12-17)13-21(25(30)27-22)26-28-23(14-33-26)16-5-9-19(32-2)10-6-16/h3-10,13-14,17H,11-12H2,1-2H3,(H,27,30)/t17-/m0/s1. The number of hydrogen-bond donors (Lipinski definition) is 1. The molecule has 2 aromatic heterocycles. The maximum absolute atomic E-state index is 13.0. The number of ketones is 1. The van der Waals surface area contributed by atoms with Gasteiger partial charge in [-0.1, -0.05) is 12.1 Å². The van der Waals surface area contributed by atoms with E-state index >= 15 is 0 Å². The molecule has 0 amide bonds. The summed E-state index contributed by atoms with van der Waals surface area (Å²) in [5.74, 6) is 1.60. The molecule has 0 saturated carbocycles. The van der Waals surface area contributed by atoms with Crippen molar-refractivity contribution in [1.29, 1.82) is 0 Å². The molecule has 6 nitrogen and oxygen atoms in total. The zero-order valence-corrected chi connectivity index (χ0v) is 19.1. The lowest BCUT2D eigenvalue weighted by Crippen LogP contribution is -2.24. The van der Waals surface area contributed by atoms with Gasteiger partial charge >= 0.3 is 0 Å². The summed E-state index contributed by atoms with van der Waals surface area (Å²) in [5, 5.41) is 2.51. The molecule has 0 spiro atoms. The molecular weight excluding hydrogens is 436 g/mol. The normalized spacial score (nSPS) is 15.2. The first-order valence-corrected chi connectivity index (χ1v) is 11.5. The van der Waals surface area contributed by atoms with Crippen LogP contribution in [0.15, 0.2) is 64.8 Å². The number of fused-ring (bicyclic) bond motifs is 1. The van der Waals surface area contributed by atoms with Crippen LogP contribution in [-0.2, 0) is 6.42 Å². The van der Waals surface area contributed by atoms with Crippen LogP contribution in [0.25, 0.3) is 21.8 Å². The number of rotatable bonds is 5. The zero-order chi connectivity index (χ0) is 22.9. The summed E-state index contributed by atoms with van der Waals surface area (Å²) in [6.07, 6.45) is 1.01. The molecular formula is C26H22N2O4S. The number of carbonyl (C=O) groups is 1. The number of aromatic nitrogens is 2. The number of aromatic amines is 1. The number of nitrogens with zero attached hydrogens (tertiary/aromatic N) is 1. The number of thiazole rings is 1. The molecule has 0 saturated heterocycles. The third kappa shape index (κ3) is 4.07. The molecule has 4 aromatic rings. The highest BCUT2D eigenvalue weighted by Gasteiger charge is 2.28. The van der Waals surface area contributed by atoms with Crippen molar-refractivity contribution in [3.63, 3.8) is 0 Å². The van der Waals surface area contributed by atoms with Gasteiger partial charge in [-0.15, -0.1) is 11.3 Å². The maximum Gasteiger partial charge on any atom is 0.258 e. The fraction of sp³-hybridized carbons (Fsp3) is 0.192. The Labute approximate surface area is 194 Å². The minimum atomic E-state index is -0.229. The van der Waals surface area contributed by atoms with E-state index in [0.29, 0.717) is 34.7 Å². The SMILES string of the molecule is COc1ccc(-c2csc(-c3cc4c([nH]c3=O)C[C@H](c3ccc(OC)cc3)CC4=O)n2)cc1. The molecule has 0 bridgehead atoms. The Kier molecular flexibility index (Phi) is 5.56. The highest BCUT2D eigenvalue weighted by Crippen LogP contribution is 2.34. The molecule has 1 atom stereocenters. The number of hydrogen-bond acceptors (Lipinski definition) is 6. The van der Waals surface area contributed by atoms with Gasteiger partial charge in [-0.05, 0) is 60.4 Å². The van der Waals surface area contributed by atoms with E-state index in [1.165, 1.54) is 11.3 Å². The molecule has 0 radical (unpaired) electrons. The fourth-order valence-electron chi connectivity index (χ4n) is 4.19. The van der Waals surface area contributed by atoms with E-state index in [1.54, 1.807) is 20.3 Å². The first-order valence-electron chi connectivity index (χ1n) is 10.6. The smallest absolute Gasteiger partial charge is 0.258 e. The van der Waals surface area contributed by atoms with Crippen LogP contribution in [0.1, 0.15) is 34.0 Å². The van der Waals surface area contributed by atoms with Crippen molar-refractivity contribution in [2.75, 3.05) is 14.2 Å². The Bertz CT molecular complexity index is 1370. The quantitative estimate of drug-likeness (QED) is 0.450. The Hall–Kier alpha value is -3.71. The van der Waals surface area contributed by atoms with Crippen molar-refractivity contribution >= 4 is 17.1 Å². The molecule has 33 heavy (non-hydrogen) atoms. The van der Waals surface area contributed by atoms with E-state index in [-0.39, 0.29) is 17.3 Å². The van der Waals surface area contributed by atoms with Gasteiger partial charge < -0.3 is 14.5 Å². The summed E-state index contributed by atoms with van der Waals surface area (Å²) < 4.78 is 10.4. The molecule has 1 aliphatic carbocycles. The van der Waals surface area contributed by atoms with Crippen LogP contribution in [0, 0.1) is 0 Å². The first-order chi connectivity index (χ1) is 16.1. The molecule has 7 heteroatoms. The van der Waals surface area contributed by atoms with Crippen LogP contribution in [0.4, 0.5) is 0 Å². The molecule has 5 rings (SSSR count). The molecule has 166 valence electrons. The van der Waals surface area contributed by atoms with E-state index in [1.807, 2.05) is 53.9 Å². The molecule has 2 heterocycles. The number of carbonyl (C=O) groups excluding carboxylic acids is 1. The lowest BCUT2D eigenvalue weighted by Gasteiger charge is -2.24. The third-order valence-corrected chi connectivity index (χ3v) is 6.89.